The predicted molar refractivity (Wildman–Crippen MR) is 219 cm³/mol. The van der Waals surface area contributed by atoms with Gasteiger partial charge in [-0.2, -0.15) is 8.42 Å². The summed E-state index contributed by atoms with van der Waals surface area (Å²) in [6.45, 7) is 6.46. The molecule has 1 aromatic carbocycles. The SMILES string of the molecule is CCCCCCCCCCCCCCCCCC[CH]([Sn])CCCCCCCCCCCCCCCCCC.Cc1ccc(S(=O)(=O)O)cc1. The Balaban J connectivity index is 0.00000175. The summed E-state index contributed by atoms with van der Waals surface area (Å²) in [5.41, 5.74) is 0.956. The van der Waals surface area contributed by atoms with Crippen LogP contribution < -0.4 is 0 Å². The van der Waals surface area contributed by atoms with E-state index in [1.54, 1.807) is 12.1 Å². The molecule has 3 nitrogen and oxygen atoms in total. The van der Waals surface area contributed by atoms with Crippen molar-refractivity contribution < 1.29 is 13.0 Å². The molecule has 0 amide bonds. The molecule has 0 aromatic heterocycles. The first-order valence-electron chi connectivity index (χ1n) is 21.6. The molecule has 0 aliphatic heterocycles. The van der Waals surface area contributed by atoms with E-state index in [4.69, 9.17) is 4.55 Å². The molecule has 0 spiro atoms. The molecule has 0 unspecified atom stereocenters. The molecule has 0 aliphatic carbocycles. The van der Waals surface area contributed by atoms with Crippen LogP contribution in [0.1, 0.15) is 238 Å². The van der Waals surface area contributed by atoms with Gasteiger partial charge in [-0.25, -0.2) is 0 Å². The van der Waals surface area contributed by atoms with Gasteiger partial charge < -0.3 is 0 Å². The number of unbranched alkanes of at least 4 members (excludes halogenated alkanes) is 30. The van der Waals surface area contributed by atoms with Gasteiger partial charge in [-0.3, -0.25) is 4.55 Å². The zero-order chi connectivity index (χ0) is 36.1. The van der Waals surface area contributed by atoms with Gasteiger partial charge in [0, 0.05) is 0 Å². The third-order valence-corrected chi connectivity index (χ3v) is 12.6. The van der Waals surface area contributed by atoms with E-state index in [0.717, 1.165) is 9.50 Å². The zero-order valence-corrected chi connectivity index (χ0v) is 36.8. The van der Waals surface area contributed by atoms with E-state index in [1.807, 2.05) is 29.4 Å². The Bertz CT molecular complexity index is 850. The van der Waals surface area contributed by atoms with Gasteiger partial charge >= 0.3 is 168 Å². The Morgan fingerprint density at radius 2 is 0.673 bits per heavy atom. The van der Waals surface area contributed by atoms with Crippen LogP contribution in [0, 0.1) is 6.92 Å². The molecule has 1 N–H and O–H groups in total. The first kappa shape index (κ1) is 48.9. The van der Waals surface area contributed by atoms with Crippen molar-refractivity contribution in [2.24, 2.45) is 0 Å². The van der Waals surface area contributed by atoms with Gasteiger partial charge in [0.15, 0.2) is 0 Å². The van der Waals surface area contributed by atoms with Gasteiger partial charge in [-0.15, -0.1) is 0 Å². The van der Waals surface area contributed by atoms with Crippen molar-refractivity contribution in [3.05, 3.63) is 29.8 Å². The molecule has 0 saturated carbocycles. The first-order chi connectivity index (χ1) is 23.8. The maximum absolute atomic E-state index is 10.5. The van der Waals surface area contributed by atoms with Gasteiger partial charge in [0.2, 0.25) is 0 Å². The van der Waals surface area contributed by atoms with Crippen molar-refractivity contribution in [3.63, 3.8) is 0 Å². The molecule has 0 aliphatic rings. The minimum absolute atomic E-state index is 0.0666. The number of aryl methyl sites for hydroxylation is 1. The van der Waals surface area contributed by atoms with Crippen LogP contribution in [0.3, 0.4) is 0 Å². The third kappa shape index (κ3) is 37.5. The minimum atomic E-state index is -4.02. The smallest absolute Gasteiger partial charge is 0.282 e. The Morgan fingerprint density at radius 1 is 0.449 bits per heavy atom. The molecule has 1 rings (SSSR count). The summed E-state index contributed by atoms with van der Waals surface area (Å²) >= 11 is 1.81. The first-order valence-corrected chi connectivity index (χ1v) is 24.6. The van der Waals surface area contributed by atoms with Gasteiger partial charge in [0.25, 0.3) is 10.1 Å². The quantitative estimate of drug-likeness (QED) is 0.0422. The van der Waals surface area contributed by atoms with Crippen LogP contribution in [0.25, 0.3) is 0 Å². The Kier molecular flexibility index (Phi) is 37.6. The molecule has 0 bridgehead atoms. The summed E-state index contributed by atoms with van der Waals surface area (Å²) in [6, 6.07) is 5.99. The molecular formula is C44H83O3SSn. The van der Waals surface area contributed by atoms with E-state index in [0.29, 0.717) is 0 Å². The monoisotopic (exact) mass is 812 g/mol. The second-order valence-electron chi connectivity index (χ2n) is 15.2. The fraction of sp³-hybridized carbons (Fsp3) is 0.864. The average molecular weight is 811 g/mol. The second kappa shape index (κ2) is 37.7. The van der Waals surface area contributed by atoms with Gasteiger partial charge in [-0.1, -0.05) is 109 Å². The molecule has 0 atom stereocenters. The van der Waals surface area contributed by atoms with Crippen LogP contribution in [-0.4, -0.2) is 35.5 Å². The summed E-state index contributed by atoms with van der Waals surface area (Å²) in [5, 5.41) is 0. The normalized spacial score (nSPS) is 11.6. The van der Waals surface area contributed by atoms with Crippen LogP contribution in [0.2, 0.25) is 3.93 Å². The Hall–Kier alpha value is -0.0713. The number of hydrogen-bond acceptors (Lipinski definition) is 2. The van der Waals surface area contributed by atoms with E-state index in [2.05, 4.69) is 13.8 Å². The second-order valence-corrected chi connectivity index (χ2v) is 18.9. The van der Waals surface area contributed by atoms with Crippen molar-refractivity contribution in [1.82, 2.24) is 0 Å². The van der Waals surface area contributed by atoms with E-state index >= 15 is 0 Å². The summed E-state index contributed by atoms with van der Waals surface area (Å²) in [6.07, 6.45) is 50.5. The van der Waals surface area contributed by atoms with Crippen molar-refractivity contribution in [2.45, 2.75) is 248 Å². The number of rotatable bonds is 35. The average Bonchev–Trinajstić information content (AvgIpc) is 3.08. The third-order valence-electron chi connectivity index (χ3n) is 10.1. The van der Waals surface area contributed by atoms with Gasteiger partial charge in [-0.05, 0) is 19.1 Å². The van der Waals surface area contributed by atoms with E-state index in [1.165, 1.54) is 230 Å². The molecule has 0 fully saturated rings. The van der Waals surface area contributed by atoms with E-state index < -0.39 is 10.1 Å². The summed E-state index contributed by atoms with van der Waals surface area (Å²) in [7, 11) is -4.02. The Morgan fingerprint density at radius 3 is 0.898 bits per heavy atom. The molecule has 0 heterocycles. The fourth-order valence-corrected chi connectivity index (χ4v) is 8.38. The molecule has 0 saturated heterocycles. The van der Waals surface area contributed by atoms with Crippen LogP contribution >= 0.6 is 0 Å². The van der Waals surface area contributed by atoms with Gasteiger partial charge in [0.05, 0.1) is 4.90 Å². The summed E-state index contributed by atoms with van der Waals surface area (Å²) < 4.78 is 30.6. The summed E-state index contributed by atoms with van der Waals surface area (Å²) in [5.74, 6) is 0. The molecule has 49 heavy (non-hydrogen) atoms. The van der Waals surface area contributed by atoms with E-state index in [9.17, 15) is 8.42 Å². The molecule has 5 heteroatoms. The van der Waals surface area contributed by atoms with Crippen LogP contribution in [0.5, 0.6) is 0 Å². The predicted octanol–water partition coefficient (Wildman–Crippen LogP) is 15.5. The van der Waals surface area contributed by atoms with Crippen molar-refractivity contribution >= 4 is 32.6 Å². The van der Waals surface area contributed by atoms with Crippen LogP contribution in [-0.2, 0) is 10.1 Å². The zero-order valence-electron chi connectivity index (χ0n) is 33.1. The molecular weight excluding hydrogens is 727 g/mol. The van der Waals surface area contributed by atoms with Crippen molar-refractivity contribution in [1.29, 1.82) is 0 Å². The molecule has 287 valence electrons. The van der Waals surface area contributed by atoms with E-state index in [-0.39, 0.29) is 4.90 Å². The topological polar surface area (TPSA) is 54.4 Å². The van der Waals surface area contributed by atoms with Gasteiger partial charge in [0.1, 0.15) is 0 Å². The molecule has 1 aromatic rings. The minimum Gasteiger partial charge on any atom is -0.282 e. The maximum atomic E-state index is 10.5. The molecule has 3 radical (unpaired) electrons. The standard InChI is InChI=1S/C37H75.C7H8O3S.Sn/c1-3-5-7-9-11-13-15-17-19-21-23-25-27-29-31-33-35-37-36-34-32-30-28-26-24-22-20-18-16-14-12-10-8-6-4-2;1-6-2-4-7(5-3-6)11(8,9)10;/h37H,3-36H2,1-2H3;2-5H,1H3,(H,8,9,10);. The number of hydrogen-bond donors (Lipinski definition) is 1. The number of benzene rings is 1. The summed E-state index contributed by atoms with van der Waals surface area (Å²) in [4.78, 5) is -0.0666. The van der Waals surface area contributed by atoms with Crippen LogP contribution in [0.4, 0.5) is 0 Å². The van der Waals surface area contributed by atoms with Crippen molar-refractivity contribution in [2.75, 3.05) is 0 Å². The van der Waals surface area contributed by atoms with Crippen molar-refractivity contribution in [3.8, 4) is 0 Å². The fourth-order valence-electron chi connectivity index (χ4n) is 6.73. The Labute approximate surface area is 321 Å². The van der Waals surface area contributed by atoms with Crippen LogP contribution in [0.15, 0.2) is 29.2 Å².